The first-order valence-electron chi connectivity index (χ1n) is 36.6. The Morgan fingerprint density at radius 2 is 0.539 bits per heavy atom. The van der Waals surface area contributed by atoms with Crippen molar-refractivity contribution in [2.45, 2.75) is 374 Å². The highest BCUT2D eigenvalue weighted by Gasteiger charge is 2.30. The molecule has 0 rings (SSSR count). The van der Waals surface area contributed by atoms with E-state index in [1.807, 2.05) is 0 Å². The van der Waals surface area contributed by atoms with Crippen molar-refractivity contribution in [3.8, 4) is 0 Å². The van der Waals surface area contributed by atoms with Gasteiger partial charge in [-0.3, -0.25) is 37.3 Å². The van der Waals surface area contributed by atoms with Crippen LogP contribution < -0.4 is 0 Å². The predicted molar refractivity (Wildman–Crippen MR) is 358 cm³/mol. The van der Waals surface area contributed by atoms with E-state index in [1.54, 1.807) is 0 Å². The maximum Gasteiger partial charge on any atom is 0.472 e. The first-order valence-corrected chi connectivity index (χ1v) is 39.6. The Morgan fingerprint density at radius 3 is 0.798 bits per heavy atom. The van der Waals surface area contributed by atoms with Crippen LogP contribution in [-0.4, -0.2) is 96.7 Å². The van der Waals surface area contributed by atoms with E-state index in [2.05, 4.69) is 41.5 Å². The van der Waals surface area contributed by atoms with Crippen molar-refractivity contribution < 1.29 is 80.2 Å². The fraction of sp³-hybridized carbons (Fsp3) is 0.943. The van der Waals surface area contributed by atoms with Crippen molar-refractivity contribution in [2.24, 2.45) is 11.8 Å². The van der Waals surface area contributed by atoms with Crippen molar-refractivity contribution in [1.82, 2.24) is 0 Å². The van der Waals surface area contributed by atoms with Gasteiger partial charge >= 0.3 is 39.5 Å². The van der Waals surface area contributed by atoms with E-state index in [0.717, 1.165) is 115 Å². The lowest BCUT2D eigenvalue weighted by atomic mass is 9.99. The minimum atomic E-state index is -4.95. The first kappa shape index (κ1) is 87.1. The number of rotatable bonds is 69. The number of aliphatic hydroxyl groups excluding tert-OH is 1. The van der Waals surface area contributed by atoms with Crippen LogP contribution in [0.25, 0.3) is 0 Å². The van der Waals surface area contributed by atoms with Gasteiger partial charge in [0.1, 0.15) is 19.3 Å². The molecule has 0 fully saturated rings. The van der Waals surface area contributed by atoms with E-state index in [0.29, 0.717) is 25.7 Å². The average molecular weight is 1310 g/mol. The lowest BCUT2D eigenvalue weighted by molar-refractivity contribution is -0.161. The molecule has 4 unspecified atom stereocenters. The summed E-state index contributed by atoms with van der Waals surface area (Å²) in [7, 11) is -9.89. The third-order valence-electron chi connectivity index (χ3n) is 16.9. The molecule has 528 valence electrons. The van der Waals surface area contributed by atoms with Gasteiger partial charge in [-0.2, -0.15) is 0 Å². The summed E-state index contributed by atoms with van der Waals surface area (Å²) in [5.74, 6) is -0.529. The topological polar surface area (TPSA) is 237 Å². The second kappa shape index (κ2) is 62.2. The van der Waals surface area contributed by atoms with E-state index in [9.17, 15) is 43.2 Å². The summed E-state index contributed by atoms with van der Waals surface area (Å²) in [4.78, 5) is 72.3. The van der Waals surface area contributed by atoms with Crippen molar-refractivity contribution in [3.63, 3.8) is 0 Å². The van der Waals surface area contributed by atoms with Crippen molar-refractivity contribution in [3.05, 3.63) is 0 Å². The molecule has 0 aliphatic rings. The highest BCUT2D eigenvalue weighted by molar-refractivity contribution is 7.47. The third kappa shape index (κ3) is 62.0. The summed E-state index contributed by atoms with van der Waals surface area (Å²) in [5, 5.41) is 10.6. The molecule has 0 aromatic heterocycles. The number of ether oxygens (including phenoxy) is 4. The Morgan fingerprint density at radius 1 is 0.315 bits per heavy atom. The Bertz CT molecular complexity index is 1740. The second-order valence-electron chi connectivity index (χ2n) is 25.8. The number of unbranched alkanes of at least 4 members (excludes halogenated alkanes) is 37. The fourth-order valence-electron chi connectivity index (χ4n) is 10.5. The zero-order chi connectivity index (χ0) is 65.7. The molecule has 0 radical (unpaired) electrons. The second-order valence-corrected chi connectivity index (χ2v) is 28.7. The number of carbonyl (C=O) groups is 4. The van der Waals surface area contributed by atoms with Crippen LogP contribution in [0.3, 0.4) is 0 Å². The van der Waals surface area contributed by atoms with Gasteiger partial charge in [-0.05, 0) is 37.5 Å². The highest BCUT2D eigenvalue weighted by Crippen LogP contribution is 2.45. The van der Waals surface area contributed by atoms with Gasteiger partial charge < -0.3 is 33.8 Å². The van der Waals surface area contributed by atoms with Crippen molar-refractivity contribution in [2.75, 3.05) is 39.6 Å². The van der Waals surface area contributed by atoms with Gasteiger partial charge in [0, 0.05) is 25.7 Å². The molecule has 7 atom stereocenters. The number of phosphoric ester groups is 2. The third-order valence-corrected chi connectivity index (χ3v) is 18.8. The zero-order valence-corrected chi connectivity index (χ0v) is 59.5. The Kier molecular flexibility index (Phi) is 60.8. The predicted octanol–water partition coefficient (Wildman–Crippen LogP) is 20.0. The molecule has 0 aromatic rings. The SMILES string of the molecule is CCCCCCCCCCCC(=O)O[C@H](COC(=O)CCCCCCCCCC)COP(=O)(O)OC[C@H](O)COP(=O)(O)OC[C@@H](COC(=O)CCCCCCCCC(C)CC)OC(=O)CCCCCCCCCCCCCCCCCCCCC(C)CC. The quantitative estimate of drug-likeness (QED) is 0.0222. The van der Waals surface area contributed by atoms with Crippen LogP contribution in [0.2, 0.25) is 0 Å². The molecule has 0 aromatic carbocycles. The van der Waals surface area contributed by atoms with Gasteiger partial charge in [0.2, 0.25) is 0 Å². The van der Waals surface area contributed by atoms with E-state index >= 15 is 0 Å². The molecular weight excluding hydrogens is 1170 g/mol. The Labute approximate surface area is 543 Å². The number of phosphoric acid groups is 2. The molecule has 0 aliphatic heterocycles. The summed E-state index contributed by atoms with van der Waals surface area (Å²) in [6, 6.07) is 0. The normalized spacial score (nSPS) is 14.8. The standard InChI is InChI=1S/C70H136O17P2/c1-7-11-13-15-17-29-34-42-48-54-69(74)86-65(58-80-67(72)52-46-40-33-18-16-14-12-8-2)60-84-88(76,77)82-56-64(71)57-83-89(78,79)85-61-66(59-81-68(73)53-47-41-37-36-39-45-51-63(6)10-4)87-70(75)55-49-43-35-31-28-26-24-22-20-19-21-23-25-27-30-32-38-44-50-62(5)9-3/h62-66,71H,7-61H2,1-6H3,(H,76,77)(H,78,79)/t62?,63?,64-,65+,66+/m0/s1. The minimum Gasteiger partial charge on any atom is -0.462 e. The van der Waals surface area contributed by atoms with E-state index < -0.39 is 97.5 Å². The van der Waals surface area contributed by atoms with Crippen LogP contribution in [0.15, 0.2) is 0 Å². The largest absolute Gasteiger partial charge is 0.472 e. The lowest BCUT2D eigenvalue weighted by Crippen LogP contribution is -2.30. The van der Waals surface area contributed by atoms with Crippen LogP contribution in [0.5, 0.6) is 0 Å². The van der Waals surface area contributed by atoms with E-state index in [1.165, 1.54) is 161 Å². The number of hydrogen-bond donors (Lipinski definition) is 3. The van der Waals surface area contributed by atoms with Crippen LogP contribution in [-0.2, 0) is 65.4 Å². The van der Waals surface area contributed by atoms with Gasteiger partial charge in [-0.1, -0.05) is 305 Å². The fourth-order valence-corrected chi connectivity index (χ4v) is 12.1. The monoisotopic (exact) mass is 1310 g/mol. The van der Waals surface area contributed by atoms with E-state index in [4.69, 9.17) is 37.0 Å². The molecule has 0 spiro atoms. The average Bonchev–Trinajstić information content (AvgIpc) is 3.68. The summed E-state index contributed by atoms with van der Waals surface area (Å²) < 4.78 is 68.1. The summed E-state index contributed by atoms with van der Waals surface area (Å²) in [5.41, 5.74) is 0. The lowest BCUT2D eigenvalue weighted by Gasteiger charge is -2.21. The summed E-state index contributed by atoms with van der Waals surface area (Å²) in [6.07, 6.45) is 47.4. The first-order chi connectivity index (χ1) is 42.9. The molecule has 0 saturated carbocycles. The smallest absolute Gasteiger partial charge is 0.462 e. The molecule has 3 N–H and O–H groups in total. The van der Waals surface area contributed by atoms with Crippen LogP contribution in [0.1, 0.15) is 356 Å². The molecule has 0 aliphatic carbocycles. The van der Waals surface area contributed by atoms with Crippen LogP contribution in [0, 0.1) is 11.8 Å². The van der Waals surface area contributed by atoms with Gasteiger partial charge in [-0.25, -0.2) is 9.13 Å². The highest BCUT2D eigenvalue weighted by atomic mass is 31.2. The van der Waals surface area contributed by atoms with Gasteiger partial charge in [0.05, 0.1) is 26.4 Å². The van der Waals surface area contributed by atoms with Gasteiger partial charge in [-0.15, -0.1) is 0 Å². The number of carbonyl (C=O) groups excluding carboxylic acids is 4. The molecule has 17 nitrogen and oxygen atoms in total. The van der Waals surface area contributed by atoms with Gasteiger partial charge in [0.25, 0.3) is 0 Å². The van der Waals surface area contributed by atoms with Crippen molar-refractivity contribution >= 4 is 39.5 Å². The maximum absolute atomic E-state index is 13.0. The zero-order valence-electron chi connectivity index (χ0n) is 57.7. The molecule has 0 amide bonds. The van der Waals surface area contributed by atoms with Crippen LogP contribution >= 0.6 is 15.6 Å². The number of aliphatic hydroxyl groups is 1. The Balaban J connectivity index is 5.11. The Hall–Kier alpha value is -1.94. The molecule has 0 saturated heterocycles. The minimum absolute atomic E-state index is 0.105. The van der Waals surface area contributed by atoms with Gasteiger partial charge in [0.15, 0.2) is 12.2 Å². The molecule has 19 heteroatoms. The van der Waals surface area contributed by atoms with Crippen LogP contribution in [0.4, 0.5) is 0 Å². The summed E-state index contributed by atoms with van der Waals surface area (Å²) >= 11 is 0. The molecule has 0 heterocycles. The molecule has 0 bridgehead atoms. The summed E-state index contributed by atoms with van der Waals surface area (Å²) in [6.45, 7) is 9.52. The van der Waals surface area contributed by atoms with Crippen molar-refractivity contribution in [1.29, 1.82) is 0 Å². The maximum atomic E-state index is 13.0. The number of hydrogen-bond acceptors (Lipinski definition) is 15. The molecular formula is C70H136O17P2. The number of esters is 4. The van der Waals surface area contributed by atoms with E-state index in [-0.39, 0.29) is 25.7 Å². The molecule has 89 heavy (non-hydrogen) atoms.